The summed E-state index contributed by atoms with van der Waals surface area (Å²) in [5.74, 6) is 3.65. The van der Waals surface area contributed by atoms with E-state index in [1.54, 1.807) is 0 Å². The van der Waals surface area contributed by atoms with Crippen molar-refractivity contribution in [2.45, 2.75) is 17.9 Å². The van der Waals surface area contributed by atoms with Crippen LogP contribution in [0.15, 0.2) is 29.2 Å². The number of anilines is 1. The van der Waals surface area contributed by atoms with E-state index in [1.165, 1.54) is 22.1 Å². The summed E-state index contributed by atoms with van der Waals surface area (Å²) in [6.07, 6.45) is 0. The predicted octanol–water partition coefficient (Wildman–Crippen LogP) is 3.33. The zero-order chi connectivity index (χ0) is 9.80. The number of hydrogen-bond donors (Lipinski definition) is 1. The fraction of sp³-hybridized carbons (Fsp3) is 0.455. The van der Waals surface area contributed by atoms with Gasteiger partial charge >= 0.3 is 0 Å². The normalized spacial score (nSPS) is 16.4. The van der Waals surface area contributed by atoms with Crippen LogP contribution in [0, 0.1) is 0 Å². The lowest BCUT2D eigenvalue weighted by Crippen LogP contribution is -2.33. The third-order valence-electron chi connectivity index (χ3n) is 2.18. The highest BCUT2D eigenvalue weighted by molar-refractivity contribution is 8.00. The van der Waals surface area contributed by atoms with Gasteiger partial charge in [-0.05, 0) is 17.9 Å². The number of benzene rings is 1. The van der Waals surface area contributed by atoms with Crippen LogP contribution in [0.2, 0.25) is 0 Å². The van der Waals surface area contributed by atoms with E-state index in [1.807, 2.05) is 23.5 Å². The van der Waals surface area contributed by atoms with Gasteiger partial charge in [0.1, 0.15) is 0 Å². The first-order valence-electron chi connectivity index (χ1n) is 4.96. The number of thioether (sulfide) groups is 2. The Bertz CT molecular complexity index is 297. The summed E-state index contributed by atoms with van der Waals surface area (Å²) in [5, 5.41) is 3.59. The quantitative estimate of drug-likeness (QED) is 0.789. The number of rotatable bonds is 4. The molecule has 0 aromatic heterocycles. The van der Waals surface area contributed by atoms with Crippen LogP contribution in [0.1, 0.15) is 6.92 Å². The van der Waals surface area contributed by atoms with Crippen molar-refractivity contribution in [1.29, 1.82) is 0 Å². The van der Waals surface area contributed by atoms with Gasteiger partial charge in [-0.25, -0.2) is 0 Å². The molecule has 0 radical (unpaired) electrons. The first-order valence-corrected chi connectivity index (χ1v) is 7.10. The lowest BCUT2D eigenvalue weighted by Gasteiger charge is -2.27. The molecule has 0 bridgehead atoms. The molecular weight excluding hydrogens is 210 g/mol. The zero-order valence-electron chi connectivity index (χ0n) is 8.32. The molecule has 1 aliphatic rings. The summed E-state index contributed by atoms with van der Waals surface area (Å²) in [5.41, 5.74) is 1.31. The molecule has 1 aromatic carbocycles. The van der Waals surface area contributed by atoms with Gasteiger partial charge in [0.05, 0.1) is 0 Å². The smallest absolute Gasteiger partial charge is 0.0481 e. The molecule has 0 aliphatic carbocycles. The molecule has 3 heteroatoms. The summed E-state index contributed by atoms with van der Waals surface area (Å²) < 4.78 is 0. The fourth-order valence-electron chi connectivity index (χ4n) is 1.41. The second-order valence-electron chi connectivity index (χ2n) is 3.31. The molecule has 14 heavy (non-hydrogen) atoms. The molecule has 1 N–H and O–H groups in total. The van der Waals surface area contributed by atoms with Crippen LogP contribution in [0.4, 0.5) is 5.69 Å². The van der Waals surface area contributed by atoms with E-state index in [4.69, 9.17) is 0 Å². The summed E-state index contributed by atoms with van der Waals surface area (Å²) >= 11 is 3.92. The highest BCUT2D eigenvalue weighted by Gasteiger charge is 2.18. The van der Waals surface area contributed by atoms with Crippen molar-refractivity contribution in [3.05, 3.63) is 24.3 Å². The Labute approximate surface area is 94.0 Å². The Morgan fingerprint density at radius 2 is 2.21 bits per heavy atom. The molecule has 0 spiro atoms. The molecule has 0 unspecified atom stereocenters. The second-order valence-corrected chi connectivity index (χ2v) is 5.69. The van der Waals surface area contributed by atoms with Crippen molar-refractivity contribution >= 4 is 29.2 Å². The standard InChI is InChI=1S/C11H15NS2/c1-2-14-11-6-4-3-5-10(11)12-9-7-13-8-9/h3-6,9,12H,2,7-8H2,1H3. The van der Waals surface area contributed by atoms with Crippen molar-refractivity contribution in [1.82, 2.24) is 0 Å². The SMILES string of the molecule is CCSc1ccccc1NC1CSC1. The molecule has 76 valence electrons. The molecule has 0 atom stereocenters. The van der Waals surface area contributed by atoms with Gasteiger partial charge in [0.15, 0.2) is 0 Å². The molecule has 1 aromatic rings. The first kappa shape index (κ1) is 10.2. The van der Waals surface area contributed by atoms with Crippen molar-refractivity contribution in [3.8, 4) is 0 Å². The highest BCUT2D eigenvalue weighted by atomic mass is 32.2. The summed E-state index contributed by atoms with van der Waals surface area (Å²) in [6.45, 7) is 2.20. The first-order chi connectivity index (χ1) is 6.90. The Morgan fingerprint density at radius 1 is 1.43 bits per heavy atom. The topological polar surface area (TPSA) is 12.0 Å². The highest BCUT2D eigenvalue weighted by Crippen LogP contribution is 2.29. The van der Waals surface area contributed by atoms with Crippen LogP contribution in [0.3, 0.4) is 0 Å². The molecule has 1 aliphatic heterocycles. The molecule has 1 nitrogen and oxygen atoms in total. The van der Waals surface area contributed by atoms with E-state index < -0.39 is 0 Å². The maximum absolute atomic E-state index is 3.59. The van der Waals surface area contributed by atoms with Gasteiger partial charge in [-0.15, -0.1) is 11.8 Å². The minimum atomic E-state index is 0.693. The van der Waals surface area contributed by atoms with Gasteiger partial charge in [-0.2, -0.15) is 11.8 Å². The molecule has 1 fully saturated rings. The molecule has 0 saturated carbocycles. The van der Waals surface area contributed by atoms with E-state index >= 15 is 0 Å². The van der Waals surface area contributed by atoms with Crippen LogP contribution in [-0.4, -0.2) is 23.3 Å². The monoisotopic (exact) mass is 225 g/mol. The van der Waals surface area contributed by atoms with Gasteiger partial charge in [0, 0.05) is 28.1 Å². The zero-order valence-corrected chi connectivity index (χ0v) is 9.96. The number of nitrogens with one attached hydrogen (secondary N) is 1. The molecule has 1 saturated heterocycles. The lowest BCUT2D eigenvalue weighted by atomic mass is 10.3. The summed E-state index contributed by atoms with van der Waals surface area (Å²) in [7, 11) is 0. The minimum Gasteiger partial charge on any atom is -0.380 e. The van der Waals surface area contributed by atoms with Crippen molar-refractivity contribution < 1.29 is 0 Å². The Balaban J connectivity index is 2.05. The van der Waals surface area contributed by atoms with Crippen molar-refractivity contribution in [2.75, 3.05) is 22.6 Å². The Kier molecular flexibility index (Phi) is 3.65. The average Bonchev–Trinajstić information content (AvgIpc) is 2.14. The van der Waals surface area contributed by atoms with Crippen LogP contribution < -0.4 is 5.32 Å². The van der Waals surface area contributed by atoms with Gasteiger partial charge < -0.3 is 5.32 Å². The average molecular weight is 225 g/mol. The number of para-hydroxylation sites is 1. The maximum Gasteiger partial charge on any atom is 0.0481 e. The number of hydrogen-bond acceptors (Lipinski definition) is 3. The molecular formula is C11H15NS2. The third kappa shape index (κ3) is 2.39. The van der Waals surface area contributed by atoms with Crippen LogP contribution in [-0.2, 0) is 0 Å². The molecule has 0 amide bonds. The minimum absolute atomic E-state index is 0.693. The van der Waals surface area contributed by atoms with E-state index in [2.05, 4.69) is 36.5 Å². The maximum atomic E-state index is 3.59. The third-order valence-corrected chi connectivity index (χ3v) is 4.42. The van der Waals surface area contributed by atoms with E-state index in [0.29, 0.717) is 6.04 Å². The summed E-state index contributed by atoms with van der Waals surface area (Å²) in [6, 6.07) is 9.29. The lowest BCUT2D eigenvalue weighted by molar-refractivity contribution is 0.877. The van der Waals surface area contributed by atoms with E-state index in [-0.39, 0.29) is 0 Å². The van der Waals surface area contributed by atoms with Crippen LogP contribution in [0.5, 0.6) is 0 Å². The Morgan fingerprint density at radius 3 is 2.86 bits per heavy atom. The van der Waals surface area contributed by atoms with Gasteiger partial charge in [0.2, 0.25) is 0 Å². The van der Waals surface area contributed by atoms with E-state index in [0.717, 1.165) is 5.75 Å². The van der Waals surface area contributed by atoms with Crippen molar-refractivity contribution in [3.63, 3.8) is 0 Å². The van der Waals surface area contributed by atoms with Gasteiger partial charge in [-0.3, -0.25) is 0 Å². The van der Waals surface area contributed by atoms with Crippen LogP contribution >= 0.6 is 23.5 Å². The van der Waals surface area contributed by atoms with Crippen LogP contribution in [0.25, 0.3) is 0 Å². The van der Waals surface area contributed by atoms with Gasteiger partial charge in [0.25, 0.3) is 0 Å². The second kappa shape index (κ2) is 4.99. The largest absolute Gasteiger partial charge is 0.380 e. The molecule has 2 rings (SSSR count). The van der Waals surface area contributed by atoms with Crippen molar-refractivity contribution in [2.24, 2.45) is 0 Å². The fourth-order valence-corrected chi connectivity index (χ4v) is 2.81. The summed E-state index contributed by atoms with van der Waals surface area (Å²) in [4.78, 5) is 1.38. The Hall–Kier alpha value is -0.280. The molecule has 1 heterocycles. The van der Waals surface area contributed by atoms with E-state index in [9.17, 15) is 0 Å². The predicted molar refractivity (Wildman–Crippen MR) is 67.6 cm³/mol. The van der Waals surface area contributed by atoms with Gasteiger partial charge in [-0.1, -0.05) is 19.1 Å².